The Labute approximate surface area is 117 Å². The van der Waals surface area contributed by atoms with Gasteiger partial charge in [-0.15, -0.1) is 0 Å². The Kier molecular flexibility index (Phi) is 4.01. The third-order valence-electron chi connectivity index (χ3n) is 3.02. The van der Waals surface area contributed by atoms with Crippen molar-refractivity contribution in [2.24, 2.45) is 0 Å². The Morgan fingerprint density at radius 2 is 1.63 bits per heavy atom. The summed E-state index contributed by atoms with van der Waals surface area (Å²) in [5, 5.41) is -0.0374. The topological polar surface area (TPSA) is 17.1 Å². The molecule has 0 N–H and O–H groups in total. The van der Waals surface area contributed by atoms with Crippen molar-refractivity contribution in [3.63, 3.8) is 0 Å². The van der Waals surface area contributed by atoms with Gasteiger partial charge in [0, 0.05) is 11.1 Å². The van der Waals surface area contributed by atoms with Crippen LogP contribution in [0.1, 0.15) is 41.3 Å². The van der Waals surface area contributed by atoms with Crippen molar-refractivity contribution in [1.82, 2.24) is 0 Å². The first kappa shape index (κ1) is 13.8. The van der Waals surface area contributed by atoms with Crippen LogP contribution in [0.4, 0.5) is 4.39 Å². The lowest BCUT2D eigenvalue weighted by atomic mass is 9.98. The molecule has 0 aliphatic carbocycles. The highest BCUT2D eigenvalue weighted by Gasteiger charge is 2.11. The zero-order valence-electron chi connectivity index (χ0n) is 10.8. The van der Waals surface area contributed by atoms with Gasteiger partial charge in [0.1, 0.15) is 5.82 Å². The fraction of sp³-hybridized carbons (Fsp3) is 0.188. The smallest absolute Gasteiger partial charge is 0.193 e. The van der Waals surface area contributed by atoms with E-state index in [0.29, 0.717) is 17.0 Å². The molecule has 0 aliphatic rings. The van der Waals surface area contributed by atoms with E-state index in [-0.39, 0.29) is 10.8 Å². The molecule has 0 heterocycles. The maximum Gasteiger partial charge on any atom is 0.193 e. The second kappa shape index (κ2) is 5.54. The van der Waals surface area contributed by atoms with Crippen LogP contribution in [0.2, 0.25) is 5.02 Å². The van der Waals surface area contributed by atoms with Crippen LogP contribution >= 0.6 is 11.6 Å². The first-order valence-corrected chi connectivity index (χ1v) is 6.46. The zero-order valence-corrected chi connectivity index (χ0v) is 11.5. The Hall–Kier alpha value is -1.67. The fourth-order valence-electron chi connectivity index (χ4n) is 1.82. The van der Waals surface area contributed by atoms with E-state index < -0.39 is 5.82 Å². The summed E-state index contributed by atoms with van der Waals surface area (Å²) >= 11 is 5.68. The van der Waals surface area contributed by atoms with Crippen molar-refractivity contribution in [2.45, 2.75) is 19.8 Å². The van der Waals surface area contributed by atoms with Crippen LogP contribution in [0.5, 0.6) is 0 Å². The number of hydrogen-bond acceptors (Lipinski definition) is 1. The predicted octanol–water partition coefficient (Wildman–Crippen LogP) is 4.83. The average Bonchev–Trinajstić information content (AvgIpc) is 2.41. The van der Waals surface area contributed by atoms with E-state index in [2.05, 4.69) is 13.8 Å². The lowest BCUT2D eigenvalue weighted by Gasteiger charge is -2.07. The number of rotatable bonds is 3. The summed E-state index contributed by atoms with van der Waals surface area (Å²) in [6.45, 7) is 4.19. The van der Waals surface area contributed by atoms with Crippen molar-refractivity contribution in [2.75, 3.05) is 0 Å². The fourth-order valence-corrected chi connectivity index (χ4v) is 2.00. The number of hydrogen-bond donors (Lipinski definition) is 0. The molecule has 0 fully saturated rings. The van der Waals surface area contributed by atoms with Gasteiger partial charge in [0.15, 0.2) is 5.78 Å². The Bertz CT molecular complexity index is 603. The molecule has 0 aliphatic heterocycles. The molecule has 0 bridgehead atoms. The number of halogens is 2. The van der Waals surface area contributed by atoms with Crippen molar-refractivity contribution in [3.05, 3.63) is 70.0 Å². The molecule has 2 aromatic rings. The van der Waals surface area contributed by atoms with Crippen molar-refractivity contribution < 1.29 is 9.18 Å². The summed E-state index contributed by atoms with van der Waals surface area (Å²) in [6, 6.07) is 11.4. The summed E-state index contributed by atoms with van der Waals surface area (Å²) in [7, 11) is 0. The molecule has 1 nitrogen and oxygen atoms in total. The normalized spacial score (nSPS) is 10.8. The third kappa shape index (κ3) is 3.02. The van der Waals surface area contributed by atoms with Gasteiger partial charge in [-0.1, -0.05) is 49.7 Å². The van der Waals surface area contributed by atoms with Crippen LogP contribution in [0.3, 0.4) is 0 Å². The minimum atomic E-state index is -0.520. The number of carbonyl (C=O) groups excluding carboxylic acids is 1. The van der Waals surface area contributed by atoms with Crippen LogP contribution < -0.4 is 0 Å². The minimum absolute atomic E-state index is 0.0374. The average molecular weight is 277 g/mol. The Morgan fingerprint density at radius 1 is 1.05 bits per heavy atom. The minimum Gasteiger partial charge on any atom is -0.289 e. The van der Waals surface area contributed by atoms with Gasteiger partial charge >= 0.3 is 0 Å². The van der Waals surface area contributed by atoms with Crippen LogP contribution in [-0.2, 0) is 0 Å². The SMILES string of the molecule is CC(C)c1ccc(C(=O)c2ccc(F)c(Cl)c2)cc1. The Morgan fingerprint density at radius 3 is 2.16 bits per heavy atom. The van der Waals surface area contributed by atoms with E-state index in [1.165, 1.54) is 23.8 Å². The van der Waals surface area contributed by atoms with E-state index in [1.807, 2.05) is 12.1 Å². The van der Waals surface area contributed by atoms with Gasteiger partial charge in [-0.05, 0) is 29.7 Å². The van der Waals surface area contributed by atoms with Crippen LogP contribution in [0.25, 0.3) is 0 Å². The predicted molar refractivity (Wildman–Crippen MR) is 75.4 cm³/mol. The first-order valence-electron chi connectivity index (χ1n) is 6.08. The molecule has 0 saturated heterocycles. The molecule has 0 radical (unpaired) electrons. The largest absolute Gasteiger partial charge is 0.289 e. The highest BCUT2D eigenvalue weighted by molar-refractivity contribution is 6.31. The molecule has 0 aromatic heterocycles. The molecule has 3 heteroatoms. The molecule has 98 valence electrons. The van der Waals surface area contributed by atoms with Gasteiger partial charge in [0.2, 0.25) is 0 Å². The summed E-state index contributed by atoms with van der Waals surface area (Å²) in [6.07, 6.45) is 0. The molecular weight excluding hydrogens is 263 g/mol. The molecule has 2 aromatic carbocycles. The van der Waals surface area contributed by atoms with Gasteiger partial charge in [-0.25, -0.2) is 4.39 Å². The van der Waals surface area contributed by atoms with E-state index in [1.54, 1.807) is 12.1 Å². The van der Waals surface area contributed by atoms with E-state index in [0.717, 1.165) is 0 Å². The number of carbonyl (C=O) groups is 1. The lowest BCUT2D eigenvalue weighted by Crippen LogP contribution is -2.02. The summed E-state index contributed by atoms with van der Waals surface area (Å²) in [5.41, 5.74) is 2.14. The molecule has 0 amide bonds. The van der Waals surface area contributed by atoms with Crippen LogP contribution in [0.15, 0.2) is 42.5 Å². The molecule has 0 saturated carbocycles. The van der Waals surface area contributed by atoms with Crippen molar-refractivity contribution in [1.29, 1.82) is 0 Å². The first-order chi connectivity index (χ1) is 8.99. The third-order valence-corrected chi connectivity index (χ3v) is 3.31. The molecular formula is C16H14ClFO. The van der Waals surface area contributed by atoms with E-state index >= 15 is 0 Å². The second-order valence-electron chi connectivity index (χ2n) is 4.73. The molecule has 2 rings (SSSR count). The quantitative estimate of drug-likeness (QED) is 0.734. The second-order valence-corrected chi connectivity index (χ2v) is 5.14. The van der Waals surface area contributed by atoms with Gasteiger partial charge in [0.05, 0.1) is 5.02 Å². The van der Waals surface area contributed by atoms with Crippen molar-refractivity contribution in [3.8, 4) is 0 Å². The van der Waals surface area contributed by atoms with E-state index in [4.69, 9.17) is 11.6 Å². The van der Waals surface area contributed by atoms with Gasteiger partial charge in [0.25, 0.3) is 0 Å². The number of benzene rings is 2. The molecule has 0 atom stereocenters. The van der Waals surface area contributed by atoms with E-state index in [9.17, 15) is 9.18 Å². The zero-order chi connectivity index (χ0) is 14.0. The molecule has 0 unspecified atom stereocenters. The summed E-state index contributed by atoms with van der Waals surface area (Å²) < 4.78 is 13.1. The Balaban J connectivity index is 2.30. The highest BCUT2D eigenvalue weighted by Crippen LogP contribution is 2.20. The summed E-state index contributed by atoms with van der Waals surface area (Å²) in [5.74, 6) is -0.255. The summed E-state index contributed by atoms with van der Waals surface area (Å²) in [4.78, 5) is 12.2. The molecule has 19 heavy (non-hydrogen) atoms. The molecule has 0 spiro atoms. The standard InChI is InChI=1S/C16H14ClFO/c1-10(2)11-3-5-12(6-4-11)16(19)13-7-8-15(18)14(17)9-13/h3-10H,1-2H3. The maximum atomic E-state index is 13.1. The lowest BCUT2D eigenvalue weighted by molar-refractivity contribution is 0.103. The monoisotopic (exact) mass is 276 g/mol. The van der Waals surface area contributed by atoms with Gasteiger partial charge < -0.3 is 0 Å². The van der Waals surface area contributed by atoms with Crippen LogP contribution in [-0.4, -0.2) is 5.78 Å². The van der Waals surface area contributed by atoms with Crippen molar-refractivity contribution >= 4 is 17.4 Å². The van der Waals surface area contributed by atoms with Gasteiger partial charge in [-0.3, -0.25) is 4.79 Å². The van der Waals surface area contributed by atoms with Crippen LogP contribution in [0, 0.1) is 5.82 Å². The highest BCUT2D eigenvalue weighted by atomic mass is 35.5. The maximum absolute atomic E-state index is 13.1. The number of ketones is 1. The van der Waals surface area contributed by atoms with Gasteiger partial charge in [-0.2, -0.15) is 0 Å².